The number of carbonyl (C=O) groups is 2. The summed E-state index contributed by atoms with van der Waals surface area (Å²) in [5, 5.41) is 14.4. The van der Waals surface area contributed by atoms with Crippen LogP contribution >= 0.6 is 0 Å². The lowest BCUT2D eigenvalue weighted by Crippen LogP contribution is -2.30. The molecule has 11 rings (SSSR count). The summed E-state index contributed by atoms with van der Waals surface area (Å²) in [6.07, 6.45) is 0. The zero-order valence-electron chi connectivity index (χ0n) is 30.4. The van der Waals surface area contributed by atoms with Crippen LogP contribution in [-0.2, 0) is 0 Å². The summed E-state index contributed by atoms with van der Waals surface area (Å²) < 4.78 is 4.40. The molecule has 0 bridgehead atoms. The van der Waals surface area contributed by atoms with Crippen LogP contribution in [0.15, 0.2) is 182 Å². The van der Waals surface area contributed by atoms with Crippen molar-refractivity contribution < 1.29 is 9.59 Å². The van der Waals surface area contributed by atoms with Gasteiger partial charge in [0.1, 0.15) is 0 Å². The molecular weight excluding hydrogens is 701 g/mol. The predicted octanol–water partition coefficient (Wildman–Crippen LogP) is 11.9. The van der Waals surface area contributed by atoms with Crippen molar-refractivity contribution in [3.05, 3.63) is 199 Å². The molecular formula is C51H30N4O2. The Hall–Kier alpha value is -8.01. The number of carbonyl (C=O) groups excluding carboxylic acids is 2. The molecule has 0 spiro atoms. The number of imide groups is 1. The molecule has 1 aliphatic heterocycles. The SMILES string of the molecule is N#Cc1ccc(N2C(=O)c3ccccc3C2=O)c(-n2c3ccccc3c3cc(-c4ccc5c(c4)c4ccccc4n5-c4ccc(-c5ccccc5)cc4)ccc32)c1. The third-order valence-corrected chi connectivity index (χ3v) is 11.3. The minimum Gasteiger partial charge on any atom is -0.309 e. The third-order valence-electron chi connectivity index (χ3n) is 11.3. The van der Waals surface area contributed by atoms with Crippen LogP contribution in [0, 0.1) is 11.3 Å². The van der Waals surface area contributed by atoms with Crippen molar-refractivity contribution in [2.45, 2.75) is 0 Å². The second-order valence-electron chi connectivity index (χ2n) is 14.4. The van der Waals surface area contributed by atoms with E-state index >= 15 is 0 Å². The van der Waals surface area contributed by atoms with Gasteiger partial charge in [-0.3, -0.25) is 9.59 Å². The van der Waals surface area contributed by atoms with Crippen LogP contribution in [0.4, 0.5) is 5.69 Å². The molecule has 6 heteroatoms. The van der Waals surface area contributed by atoms with Gasteiger partial charge in [0.2, 0.25) is 0 Å². The minimum absolute atomic E-state index is 0.366. The normalized spacial score (nSPS) is 12.6. The van der Waals surface area contributed by atoms with Gasteiger partial charge in [0, 0.05) is 27.2 Å². The van der Waals surface area contributed by atoms with Crippen molar-refractivity contribution in [2.24, 2.45) is 0 Å². The Morgan fingerprint density at radius 1 is 0.386 bits per heavy atom. The summed E-state index contributed by atoms with van der Waals surface area (Å²) in [4.78, 5) is 28.8. The number of hydrogen-bond acceptors (Lipinski definition) is 3. The van der Waals surface area contributed by atoms with E-state index < -0.39 is 0 Å². The van der Waals surface area contributed by atoms with E-state index in [2.05, 4.69) is 130 Å². The molecule has 0 atom stereocenters. The van der Waals surface area contributed by atoms with Crippen LogP contribution in [0.2, 0.25) is 0 Å². The maximum Gasteiger partial charge on any atom is 0.266 e. The van der Waals surface area contributed by atoms with Crippen LogP contribution in [0.5, 0.6) is 0 Å². The molecule has 2 aromatic heterocycles. The molecule has 6 nitrogen and oxygen atoms in total. The van der Waals surface area contributed by atoms with Gasteiger partial charge < -0.3 is 9.13 Å². The molecule has 2 amide bonds. The van der Waals surface area contributed by atoms with E-state index in [9.17, 15) is 14.9 Å². The molecule has 57 heavy (non-hydrogen) atoms. The number of fused-ring (bicyclic) bond motifs is 7. The Balaban J connectivity index is 1.06. The molecule has 3 heterocycles. The van der Waals surface area contributed by atoms with Gasteiger partial charge in [-0.15, -0.1) is 0 Å². The molecule has 1 aliphatic rings. The van der Waals surface area contributed by atoms with Crippen LogP contribution in [0.1, 0.15) is 26.3 Å². The number of aromatic nitrogens is 2. The number of rotatable bonds is 5. The zero-order valence-corrected chi connectivity index (χ0v) is 30.4. The Bertz CT molecular complexity index is 3310. The van der Waals surface area contributed by atoms with Crippen LogP contribution < -0.4 is 4.90 Å². The maximum absolute atomic E-state index is 13.8. The first-order chi connectivity index (χ1) is 28.1. The highest BCUT2D eigenvalue weighted by Crippen LogP contribution is 2.41. The first kappa shape index (κ1) is 32.4. The Labute approximate surface area is 327 Å². The molecule has 0 radical (unpaired) electrons. The van der Waals surface area contributed by atoms with E-state index in [1.165, 1.54) is 21.4 Å². The Morgan fingerprint density at radius 2 is 0.877 bits per heavy atom. The fourth-order valence-electron chi connectivity index (χ4n) is 8.65. The van der Waals surface area contributed by atoms with Crippen molar-refractivity contribution in [3.63, 3.8) is 0 Å². The van der Waals surface area contributed by atoms with Crippen molar-refractivity contribution >= 4 is 61.1 Å². The Kier molecular flexibility index (Phi) is 7.12. The smallest absolute Gasteiger partial charge is 0.266 e. The Morgan fingerprint density at radius 3 is 1.49 bits per heavy atom. The summed E-state index contributed by atoms with van der Waals surface area (Å²) in [5.74, 6) is -0.767. The molecule has 0 aliphatic carbocycles. The van der Waals surface area contributed by atoms with Gasteiger partial charge in [-0.2, -0.15) is 5.26 Å². The number of benzene rings is 8. The number of amides is 2. The lowest BCUT2D eigenvalue weighted by Gasteiger charge is -2.20. The van der Waals surface area contributed by atoms with Crippen molar-refractivity contribution in [1.82, 2.24) is 9.13 Å². The predicted molar refractivity (Wildman–Crippen MR) is 228 cm³/mol. The van der Waals surface area contributed by atoms with E-state index in [0.717, 1.165) is 55.0 Å². The largest absolute Gasteiger partial charge is 0.309 e. The van der Waals surface area contributed by atoms with Crippen molar-refractivity contribution in [3.8, 4) is 39.7 Å². The fourth-order valence-corrected chi connectivity index (χ4v) is 8.65. The molecule has 0 N–H and O–H groups in total. The summed E-state index contributed by atoms with van der Waals surface area (Å²) in [7, 11) is 0. The first-order valence-corrected chi connectivity index (χ1v) is 18.8. The van der Waals surface area contributed by atoms with Gasteiger partial charge in [0.25, 0.3) is 11.8 Å². The van der Waals surface area contributed by atoms with Crippen molar-refractivity contribution in [1.29, 1.82) is 5.26 Å². The number of nitrogens with zero attached hydrogens (tertiary/aromatic N) is 4. The topological polar surface area (TPSA) is 71.0 Å². The van der Waals surface area contributed by atoms with Gasteiger partial charge in [-0.05, 0) is 101 Å². The zero-order chi connectivity index (χ0) is 38.2. The highest BCUT2D eigenvalue weighted by molar-refractivity contribution is 6.35. The van der Waals surface area contributed by atoms with Gasteiger partial charge in [-0.1, -0.05) is 103 Å². The molecule has 10 aromatic rings. The van der Waals surface area contributed by atoms with Crippen LogP contribution in [-0.4, -0.2) is 20.9 Å². The highest BCUT2D eigenvalue weighted by Gasteiger charge is 2.38. The highest BCUT2D eigenvalue weighted by atomic mass is 16.2. The molecule has 266 valence electrons. The number of hydrogen-bond donors (Lipinski definition) is 0. The second-order valence-corrected chi connectivity index (χ2v) is 14.4. The quantitative estimate of drug-likeness (QED) is 0.166. The lowest BCUT2D eigenvalue weighted by atomic mass is 10.0. The lowest BCUT2D eigenvalue weighted by molar-refractivity contribution is 0.0926. The summed E-state index contributed by atoms with van der Waals surface area (Å²) in [6.45, 7) is 0. The number of para-hydroxylation sites is 2. The molecule has 0 unspecified atom stereocenters. The van der Waals surface area contributed by atoms with Crippen LogP contribution in [0.25, 0.3) is 77.2 Å². The molecule has 8 aromatic carbocycles. The molecule has 0 saturated carbocycles. The standard InChI is InChI=1S/C51H30N4O2/c52-31-32-18-25-48(55-50(56)40-14-4-5-15-41(40)51(55)57)49(28-32)54-45-17-9-7-13-39(45)43-30-36(22-27-47(43)54)35-21-26-46-42(29-35)38-12-6-8-16-44(38)53(46)37-23-19-34(20-24-37)33-10-2-1-3-11-33/h1-30H. The monoisotopic (exact) mass is 730 g/mol. The van der Waals surface area contributed by atoms with E-state index in [0.29, 0.717) is 28.1 Å². The maximum atomic E-state index is 13.8. The molecule has 0 fully saturated rings. The van der Waals surface area contributed by atoms with E-state index in [-0.39, 0.29) is 11.8 Å². The van der Waals surface area contributed by atoms with E-state index in [1.54, 1.807) is 42.5 Å². The fraction of sp³-hybridized carbons (Fsp3) is 0. The minimum atomic E-state index is -0.384. The van der Waals surface area contributed by atoms with Gasteiger partial charge >= 0.3 is 0 Å². The van der Waals surface area contributed by atoms with Gasteiger partial charge in [-0.25, -0.2) is 4.90 Å². The van der Waals surface area contributed by atoms with E-state index in [4.69, 9.17) is 0 Å². The second kappa shape index (κ2) is 12.5. The summed E-state index contributed by atoms with van der Waals surface area (Å²) in [5.41, 5.74) is 11.8. The van der Waals surface area contributed by atoms with Crippen molar-refractivity contribution in [2.75, 3.05) is 4.90 Å². The molecule has 0 saturated heterocycles. The third kappa shape index (κ3) is 4.90. The van der Waals surface area contributed by atoms with Gasteiger partial charge in [0.05, 0.1) is 56.2 Å². The van der Waals surface area contributed by atoms with Gasteiger partial charge in [0.15, 0.2) is 0 Å². The number of anilines is 1. The van der Waals surface area contributed by atoms with Crippen LogP contribution in [0.3, 0.4) is 0 Å². The first-order valence-electron chi connectivity index (χ1n) is 18.8. The average Bonchev–Trinajstić information content (AvgIpc) is 3.87. The van der Waals surface area contributed by atoms with E-state index in [1.807, 2.05) is 24.3 Å². The number of nitriles is 1. The summed E-state index contributed by atoms with van der Waals surface area (Å²) >= 11 is 0. The average molecular weight is 731 g/mol. The summed E-state index contributed by atoms with van der Waals surface area (Å²) in [6, 6.07) is 63.2.